The number of carbonyl (C=O) groups is 1. The van der Waals surface area contributed by atoms with Gasteiger partial charge in [0.2, 0.25) is 5.91 Å². The molecule has 2 aliphatic rings. The number of carbonyl (C=O) groups excluding carboxylic acids is 1. The predicted molar refractivity (Wildman–Crippen MR) is 137 cm³/mol. The molecular formula is C29H40N2O3. The van der Waals surface area contributed by atoms with Gasteiger partial charge >= 0.3 is 0 Å². The van der Waals surface area contributed by atoms with Gasteiger partial charge in [0.05, 0.1) is 12.0 Å². The molecule has 184 valence electrons. The van der Waals surface area contributed by atoms with Crippen molar-refractivity contribution in [2.45, 2.75) is 39.5 Å². The summed E-state index contributed by atoms with van der Waals surface area (Å²) in [4.78, 5) is 16.0. The lowest BCUT2D eigenvalue weighted by Crippen LogP contribution is -2.47. The van der Waals surface area contributed by atoms with Crippen molar-refractivity contribution < 1.29 is 14.3 Å². The van der Waals surface area contributed by atoms with Crippen molar-refractivity contribution >= 4 is 5.91 Å². The molecule has 4 rings (SSSR count). The predicted octanol–water partition coefficient (Wildman–Crippen LogP) is 4.39. The van der Waals surface area contributed by atoms with Crippen molar-refractivity contribution in [1.29, 1.82) is 0 Å². The van der Waals surface area contributed by atoms with E-state index in [-0.39, 0.29) is 5.91 Å². The normalized spacial score (nSPS) is 20.4. The molecule has 0 spiro atoms. The first-order valence-corrected chi connectivity index (χ1v) is 12.7. The lowest BCUT2D eigenvalue weighted by molar-refractivity contribution is -0.136. The van der Waals surface area contributed by atoms with Gasteiger partial charge in [-0.15, -0.1) is 0 Å². The number of methoxy groups -OCH3 is 1. The Labute approximate surface area is 204 Å². The van der Waals surface area contributed by atoms with Crippen LogP contribution in [0.2, 0.25) is 0 Å². The van der Waals surface area contributed by atoms with Gasteiger partial charge in [-0.1, -0.05) is 53.6 Å². The number of nitrogens with one attached hydrogen (secondary N) is 1. The number of aryl methyl sites for hydroxylation is 2. The minimum absolute atomic E-state index is 0.197. The molecule has 34 heavy (non-hydrogen) atoms. The van der Waals surface area contributed by atoms with Crippen LogP contribution in [0, 0.1) is 25.2 Å². The summed E-state index contributed by atoms with van der Waals surface area (Å²) in [6.45, 7) is 10.2. The van der Waals surface area contributed by atoms with Crippen LogP contribution < -0.4 is 5.32 Å². The second-order valence-electron chi connectivity index (χ2n) is 10.3. The standard InChI is InChI=1S/C29H40N2O3/c1-22-15-23(2)17-27(16-22)26-6-4-5-24(18-26)19-29(8-12-34-13-9-29)28(32)30-20-25-7-10-31(21-25)11-14-33-3/h4-6,15-18,25H,7-14,19-21H2,1-3H3,(H,30,32)/t25-/m0/s1. The zero-order valence-corrected chi connectivity index (χ0v) is 21.1. The summed E-state index contributed by atoms with van der Waals surface area (Å²) in [5, 5.41) is 3.34. The van der Waals surface area contributed by atoms with Gasteiger partial charge in [-0.3, -0.25) is 4.79 Å². The van der Waals surface area contributed by atoms with Gasteiger partial charge in [0.25, 0.3) is 0 Å². The average molecular weight is 465 g/mol. The van der Waals surface area contributed by atoms with E-state index in [0.29, 0.717) is 19.1 Å². The molecule has 0 aromatic heterocycles. The molecule has 5 nitrogen and oxygen atoms in total. The highest BCUT2D eigenvalue weighted by Gasteiger charge is 2.40. The number of nitrogens with zero attached hydrogens (tertiary/aromatic N) is 1. The molecule has 1 atom stereocenters. The lowest BCUT2D eigenvalue weighted by Gasteiger charge is -2.36. The summed E-state index contributed by atoms with van der Waals surface area (Å²) in [6.07, 6.45) is 3.44. The van der Waals surface area contributed by atoms with Crippen LogP contribution in [-0.4, -0.2) is 63.9 Å². The summed E-state index contributed by atoms with van der Waals surface area (Å²) in [7, 11) is 1.75. The fourth-order valence-electron chi connectivity index (χ4n) is 5.57. The number of hydrogen-bond acceptors (Lipinski definition) is 4. The second-order valence-corrected chi connectivity index (χ2v) is 10.3. The number of ether oxygens (including phenoxy) is 2. The van der Waals surface area contributed by atoms with Gasteiger partial charge in [-0.25, -0.2) is 0 Å². The first-order valence-electron chi connectivity index (χ1n) is 12.7. The molecule has 0 radical (unpaired) electrons. The van der Waals surface area contributed by atoms with Crippen LogP contribution in [0.1, 0.15) is 36.0 Å². The van der Waals surface area contributed by atoms with E-state index in [4.69, 9.17) is 9.47 Å². The Balaban J connectivity index is 1.44. The molecule has 0 saturated carbocycles. The van der Waals surface area contributed by atoms with Gasteiger partial charge in [-0.05, 0) is 68.7 Å². The van der Waals surface area contributed by atoms with Crippen LogP contribution in [0.15, 0.2) is 42.5 Å². The molecule has 2 aromatic carbocycles. The Hall–Kier alpha value is -2.21. The van der Waals surface area contributed by atoms with Crippen molar-refractivity contribution in [2.75, 3.05) is 53.1 Å². The Morgan fingerprint density at radius 3 is 2.62 bits per heavy atom. The van der Waals surface area contributed by atoms with Gasteiger partial charge in [0, 0.05) is 40.0 Å². The molecule has 5 heteroatoms. The highest BCUT2D eigenvalue weighted by Crippen LogP contribution is 2.36. The molecule has 2 fully saturated rings. The van der Waals surface area contributed by atoms with Crippen molar-refractivity contribution in [1.82, 2.24) is 10.2 Å². The number of amides is 1. The van der Waals surface area contributed by atoms with E-state index in [9.17, 15) is 4.79 Å². The Bertz CT molecular complexity index is 947. The summed E-state index contributed by atoms with van der Waals surface area (Å²) in [5.41, 5.74) is 5.83. The Kier molecular flexibility index (Phi) is 8.41. The fraction of sp³-hybridized carbons (Fsp3) is 0.552. The van der Waals surface area contributed by atoms with Crippen LogP contribution in [0.3, 0.4) is 0 Å². The van der Waals surface area contributed by atoms with Crippen molar-refractivity contribution in [3.8, 4) is 11.1 Å². The molecule has 0 bridgehead atoms. The van der Waals surface area contributed by atoms with Crippen molar-refractivity contribution in [3.05, 3.63) is 59.2 Å². The topological polar surface area (TPSA) is 50.8 Å². The SMILES string of the molecule is COCCN1CC[C@@H](CNC(=O)C2(Cc3cccc(-c4cc(C)cc(C)c4)c3)CCOCC2)C1. The molecule has 2 heterocycles. The molecule has 0 aliphatic carbocycles. The van der Waals surface area contributed by atoms with Gasteiger partial charge in [0.15, 0.2) is 0 Å². The molecule has 1 amide bonds. The maximum atomic E-state index is 13.6. The quantitative estimate of drug-likeness (QED) is 0.598. The summed E-state index contributed by atoms with van der Waals surface area (Å²) >= 11 is 0. The van der Waals surface area contributed by atoms with Crippen LogP contribution in [-0.2, 0) is 20.7 Å². The lowest BCUT2D eigenvalue weighted by atomic mass is 9.74. The van der Waals surface area contributed by atoms with Gasteiger partial charge < -0.3 is 19.7 Å². The van der Waals surface area contributed by atoms with Crippen molar-refractivity contribution in [3.63, 3.8) is 0 Å². The Morgan fingerprint density at radius 1 is 1.12 bits per heavy atom. The fourth-order valence-corrected chi connectivity index (χ4v) is 5.57. The van der Waals surface area contributed by atoms with Crippen LogP contribution >= 0.6 is 0 Å². The van der Waals surface area contributed by atoms with E-state index in [1.807, 2.05) is 0 Å². The Morgan fingerprint density at radius 2 is 1.88 bits per heavy atom. The van der Waals surface area contributed by atoms with Gasteiger partial charge in [0.1, 0.15) is 0 Å². The minimum atomic E-state index is -0.395. The molecule has 2 saturated heterocycles. The number of likely N-dealkylation sites (tertiary alicyclic amines) is 1. The first-order chi connectivity index (χ1) is 16.5. The van der Waals surface area contributed by atoms with E-state index >= 15 is 0 Å². The van der Waals surface area contributed by atoms with Gasteiger partial charge in [-0.2, -0.15) is 0 Å². The monoisotopic (exact) mass is 464 g/mol. The van der Waals surface area contributed by atoms with E-state index in [1.165, 1.54) is 27.8 Å². The van der Waals surface area contributed by atoms with E-state index in [1.54, 1.807) is 7.11 Å². The van der Waals surface area contributed by atoms with Crippen LogP contribution in [0.5, 0.6) is 0 Å². The maximum Gasteiger partial charge on any atom is 0.226 e. The largest absolute Gasteiger partial charge is 0.383 e. The molecule has 2 aliphatic heterocycles. The zero-order valence-electron chi connectivity index (χ0n) is 21.1. The molecule has 0 unspecified atom stereocenters. The van der Waals surface area contributed by atoms with E-state index in [0.717, 1.165) is 58.5 Å². The van der Waals surface area contributed by atoms with Crippen molar-refractivity contribution in [2.24, 2.45) is 11.3 Å². The summed E-state index contributed by atoms with van der Waals surface area (Å²) < 4.78 is 10.9. The molecular weight excluding hydrogens is 424 g/mol. The second kappa shape index (κ2) is 11.5. The van der Waals surface area contributed by atoms with E-state index < -0.39 is 5.41 Å². The average Bonchev–Trinajstić information content (AvgIpc) is 3.29. The van der Waals surface area contributed by atoms with Crippen LogP contribution in [0.25, 0.3) is 11.1 Å². The number of hydrogen-bond donors (Lipinski definition) is 1. The highest BCUT2D eigenvalue weighted by atomic mass is 16.5. The highest BCUT2D eigenvalue weighted by molar-refractivity contribution is 5.83. The maximum absolute atomic E-state index is 13.6. The summed E-state index contributed by atoms with van der Waals surface area (Å²) in [5.74, 6) is 0.716. The number of benzene rings is 2. The third-order valence-electron chi connectivity index (χ3n) is 7.49. The third-order valence-corrected chi connectivity index (χ3v) is 7.49. The zero-order chi connectivity index (χ0) is 24.0. The van der Waals surface area contributed by atoms with E-state index in [2.05, 4.69) is 66.5 Å². The van der Waals surface area contributed by atoms with Crippen LogP contribution in [0.4, 0.5) is 0 Å². The molecule has 1 N–H and O–H groups in total. The minimum Gasteiger partial charge on any atom is -0.383 e. The smallest absolute Gasteiger partial charge is 0.226 e. The molecule has 2 aromatic rings. The summed E-state index contributed by atoms with van der Waals surface area (Å²) in [6, 6.07) is 15.4. The number of rotatable bonds is 9. The third kappa shape index (κ3) is 6.26. The first kappa shape index (κ1) is 24.9.